The van der Waals surface area contributed by atoms with Crippen LogP contribution in [0.4, 0.5) is 13.6 Å². The first-order chi connectivity index (χ1) is 55.8. The molecule has 4 N–H and O–H groups in total. The van der Waals surface area contributed by atoms with Crippen molar-refractivity contribution in [3.05, 3.63) is 144 Å². The average Bonchev–Trinajstić information content (AvgIpc) is 1.20. The fourth-order valence-corrected chi connectivity index (χ4v) is 18.4. The highest BCUT2D eigenvalue weighted by atomic mass is 19.3. The highest BCUT2D eigenvalue weighted by Gasteiger charge is 2.34. The number of hydrogen-bond donors (Lipinski definition) is 4. The Morgan fingerprint density at radius 2 is 0.678 bits per heavy atom. The summed E-state index contributed by atoms with van der Waals surface area (Å²) in [5.74, 6) is 7.56. The van der Waals surface area contributed by atoms with Crippen LogP contribution in [0.3, 0.4) is 0 Å². The molecule has 4 aromatic rings. The maximum Gasteiger partial charge on any atom is 0.410 e. The maximum absolute atomic E-state index is 12.1. The van der Waals surface area contributed by atoms with Gasteiger partial charge in [0.15, 0.2) is 0 Å². The second-order valence-electron chi connectivity index (χ2n) is 36.4. The standard InChI is InChI=1S/C22H34N2O2.C19H28N2O.C19H30N2.C17H26N2.C12H24N2.C4H8O.C2H2F2O2.CH4O/c1-22(2,3)26-21(25)24-13-11-18(12-14-24)9-10-20-16-23(17-20)15-19-7-5-4-6-8-19;1-16(22)21-11-9-17(10-12-21)7-8-19-14-20(15-19)13-18-5-3-2-4-6-18;1-2-20-12-10-17(11-13-20)8-9-19-15-21(16-19)14-18-6-4-3-5-7-18;1-2-4-16(5-3-1)12-19-13-17(14-19)7-6-15-8-10-18-11-9-15;1-2-14-7-5-11(6-8-14)3-4-12-9-13-10-12;1-2-4-5-3-1;3-1(4)2(5)6;1-2/h4-8,18,20H,9-17H2,1-3H3;2-6,17,19H,7-15H2,1H3;3-7,17,19H,2,8-16H2,1H3;1-5,15,17-18H,6-14H2;11-13H,2-10H2,1H3;1-4H2;1H,(H,5,6);2H,1H3. The minimum Gasteiger partial charge on any atom is -0.477 e. The molecule has 0 saturated carbocycles. The average molecular weight is 1600 g/mol. The van der Waals surface area contributed by atoms with Crippen molar-refractivity contribution in [1.29, 1.82) is 0 Å². The molecule has 15 rings (SSSR count). The first kappa shape index (κ1) is 95.0. The van der Waals surface area contributed by atoms with E-state index in [1.807, 2.05) is 30.6 Å². The van der Waals surface area contributed by atoms with Gasteiger partial charge in [0.2, 0.25) is 5.91 Å². The van der Waals surface area contributed by atoms with Gasteiger partial charge in [-0.25, -0.2) is 9.59 Å². The first-order valence-electron chi connectivity index (χ1n) is 45.5. The Labute approximate surface area is 695 Å². The molecular formula is C96H156F2N10O7. The Bertz CT molecular complexity index is 3120. The first-order valence-corrected chi connectivity index (χ1v) is 45.5. The van der Waals surface area contributed by atoms with Crippen LogP contribution in [0.15, 0.2) is 121 Å². The summed E-state index contributed by atoms with van der Waals surface area (Å²) in [5.41, 5.74) is 5.37. The predicted octanol–water partition coefficient (Wildman–Crippen LogP) is 16.7. The summed E-state index contributed by atoms with van der Waals surface area (Å²) in [6.45, 7) is 45.4. The molecule has 0 radical (unpaired) electrons. The SMILES string of the molecule is C1CCOC1.CC(=O)N1CCC(CCC2CN(Cc3ccccc3)C2)CC1.CC(C)(C)OC(=O)N1CCC(CCC2CN(Cc3ccccc3)C2)CC1.CCN1CCC(CCC2CN(Cc3ccccc3)C2)CC1.CCN1CCC(CCC2CNC2)CC1.CO.O=C(O)C(F)F.c1ccc(CN2CC(CCC3CCNCC3)C2)cc1. The van der Waals surface area contributed by atoms with Gasteiger partial charge in [0.1, 0.15) is 5.60 Å². The third-order valence-corrected chi connectivity index (χ3v) is 26.0. The number of nitrogens with zero attached hydrogens (tertiary/aromatic N) is 8. The van der Waals surface area contributed by atoms with Gasteiger partial charge in [0.05, 0.1) is 0 Å². The number of carbonyl (C=O) groups is 3. The molecule has 17 nitrogen and oxygen atoms in total. The quantitative estimate of drug-likeness (QED) is 0.0470. The van der Waals surface area contributed by atoms with E-state index in [0.29, 0.717) is 0 Å². The molecule has 0 spiro atoms. The van der Waals surface area contributed by atoms with Crippen molar-refractivity contribution >= 4 is 18.0 Å². The van der Waals surface area contributed by atoms with Crippen molar-refractivity contribution in [3.8, 4) is 0 Å². The Morgan fingerprint density at radius 3 is 0.922 bits per heavy atom. The lowest BCUT2D eigenvalue weighted by Gasteiger charge is -2.40. The van der Waals surface area contributed by atoms with E-state index >= 15 is 0 Å². The fraction of sp³-hybridized carbons (Fsp3) is 0.719. The topological polar surface area (TPSA) is 160 Å². The van der Waals surface area contributed by atoms with Gasteiger partial charge in [-0.1, -0.05) is 135 Å². The lowest BCUT2D eigenvalue weighted by atomic mass is 9.86. The summed E-state index contributed by atoms with van der Waals surface area (Å²) >= 11 is 0. The van der Waals surface area contributed by atoms with Crippen molar-refractivity contribution < 1.29 is 42.9 Å². The number of benzene rings is 4. The van der Waals surface area contributed by atoms with E-state index in [1.54, 1.807) is 6.92 Å². The number of likely N-dealkylation sites (tertiary alicyclic amines) is 8. The van der Waals surface area contributed by atoms with Crippen molar-refractivity contribution in [2.24, 2.45) is 59.2 Å². The highest BCUT2D eigenvalue weighted by molar-refractivity contribution is 5.73. The number of carbonyl (C=O) groups excluding carboxylic acids is 2. The molecule has 646 valence electrons. The number of alkyl halides is 2. The lowest BCUT2D eigenvalue weighted by Crippen LogP contribution is -2.46. The summed E-state index contributed by atoms with van der Waals surface area (Å²) in [4.78, 5) is 51.8. The molecule has 0 bridgehead atoms. The molecule has 4 aromatic carbocycles. The number of hydrogen-bond acceptors (Lipinski definition) is 14. The minimum absolute atomic E-state index is 0.147. The number of carboxylic acids is 1. The molecule has 19 heteroatoms. The number of aliphatic hydroxyl groups is 1. The monoisotopic (exact) mass is 1600 g/mol. The molecule has 11 aliphatic rings. The number of aliphatic carboxylic acids is 1. The molecule has 11 aliphatic heterocycles. The van der Waals surface area contributed by atoms with Gasteiger partial charge in [0, 0.05) is 132 Å². The Kier molecular flexibility index (Phi) is 44.6. The fourth-order valence-electron chi connectivity index (χ4n) is 18.4. The number of rotatable bonds is 26. The number of piperidine rings is 5. The molecule has 115 heavy (non-hydrogen) atoms. The van der Waals surface area contributed by atoms with E-state index in [0.717, 1.165) is 145 Å². The van der Waals surface area contributed by atoms with Crippen LogP contribution in [-0.4, -0.2) is 244 Å². The smallest absolute Gasteiger partial charge is 0.410 e. The second kappa shape index (κ2) is 54.0. The molecular weight excluding hydrogens is 1440 g/mol. The van der Waals surface area contributed by atoms with Gasteiger partial charge < -0.3 is 49.9 Å². The number of amides is 2. The zero-order valence-electron chi connectivity index (χ0n) is 72.5. The zero-order valence-corrected chi connectivity index (χ0v) is 72.5. The second-order valence-corrected chi connectivity index (χ2v) is 36.4. The van der Waals surface area contributed by atoms with Crippen LogP contribution in [0, 0.1) is 59.2 Å². The molecule has 2 amide bonds. The largest absolute Gasteiger partial charge is 0.477 e. The molecule has 0 atom stereocenters. The molecule has 0 unspecified atom stereocenters. The third-order valence-electron chi connectivity index (χ3n) is 26.0. The van der Waals surface area contributed by atoms with Gasteiger partial charge in [-0.15, -0.1) is 0 Å². The van der Waals surface area contributed by atoms with E-state index in [2.05, 4.69) is 175 Å². The van der Waals surface area contributed by atoms with Gasteiger partial charge in [-0.3, -0.25) is 24.4 Å². The summed E-state index contributed by atoms with van der Waals surface area (Å²) in [6, 6.07) is 43.3. The van der Waals surface area contributed by atoms with Gasteiger partial charge in [-0.05, 0) is 309 Å². The summed E-state index contributed by atoms with van der Waals surface area (Å²) < 4.78 is 31.5. The van der Waals surface area contributed by atoms with E-state index in [-0.39, 0.29) is 12.0 Å². The minimum atomic E-state index is -3.23. The van der Waals surface area contributed by atoms with E-state index in [9.17, 15) is 18.4 Å². The van der Waals surface area contributed by atoms with Crippen LogP contribution < -0.4 is 10.6 Å². The molecule has 11 heterocycles. The highest BCUT2D eigenvalue weighted by Crippen LogP contribution is 2.34. The van der Waals surface area contributed by atoms with Gasteiger partial charge >= 0.3 is 18.5 Å². The summed E-state index contributed by atoms with van der Waals surface area (Å²) in [6.07, 6.45) is 26.6. The summed E-state index contributed by atoms with van der Waals surface area (Å²) in [7, 11) is 1.00. The van der Waals surface area contributed by atoms with Crippen molar-refractivity contribution in [3.63, 3.8) is 0 Å². The van der Waals surface area contributed by atoms with Crippen LogP contribution in [-0.2, 0) is 45.2 Å². The van der Waals surface area contributed by atoms with Gasteiger partial charge in [0.25, 0.3) is 0 Å². The van der Waals surface area contributed by atoms with E-state index < -0.39 is 18.0 Å². The van der Waals surface area contributed by atoms with Crippen LogP contribution in [0.25, 0.3) is 0 Å². The Balaban J connectivity index is 0.000000174. The van der Waals surface area contributed by atoms with Gasteiger partial charge in [-0.2, -0.15) is 8.78 Å². The molecule has 0 aromatic heterocycles. The van der Waals surface area contributed by atoms with Crippen molar-refractivity contribution in [2.45, 2.75) is 221 Å². The normalized spacial score (nSPS) is 21.1. The number of ether oxygens (including phenoxy) is 2. The Morgan fingerprint density at radius 1 is 0.409 bits per heavy atom. The molecule has 11 saturated heterocycles. The Hall–Kier alpha value is -5.45. The third kappa shape index (κ3) is 38.2. The number of nitrogens with one attached hydrogen (secondary N) is 2. The number of halogens is 2. The lowest BCUT2D eigenvalue weighted by molar-refractivity contribution is -0.149. The maximum atomic E-state index is 12.1. The van der Waals surface area contributed by atoms with Crippen molar-refractivity contribution in [2.75, 3.05) is 164 Å². The van der Waals surface area contributed by atoms with Crippen molar-refractivity contribution in [1.82, 2.24) is 49.8 Å². The zero-order chi connectivity index (χ0) is 81.8. The number of carboxylic acid groups (broad SMARTS) is 1. The van der Waals surface area contributed by atoms with Crippen LogP contribution in [0.2, 0.25) is 0 Å². The molecule has 11 fully saturated rings. The van der Waals surface area contributed by atoms with Crippen LogP contribution in [0.5, 0.6) is 0 Å². The number of aliphatic hydroxyl groups excluding tert-OH is 1. The predicted molar refractivity (Wildman–Crippen MR) is 466 cm³/mol. The van der Waals surface area contributed by atoms with E-state index in [1.165, 1.54) is 268 Å². The molecule has 0 aliphatic carbocycles. The summed E-state index contributed by atoms with van der Waals surface area (Å²) in [5, 5.41) is 21.1. The van der Waals surface area contributed by atoms with E-state index in [4.69, 9.17) is 24.5 Å². The van der Waals surface area contributed by atoms with Crippen LogP contribution >= 0.6 is 0 Å². The van der Waals surface area contributed by atoms with Crippen LogP contribution in [0.1, 0.15) is 205 Å².